The van der Waals surface area contributed by atoms with E-state index in [2.05, 4.69) is 25.8 Å². The van der Waals surface area contributed by atoms with E-state index in [1.807, 2.05) is 0 Å². The van der Waals surface area contributed by atoms with E-state index >= 15 is 0 Å². The van der Waals surface area contributed by atoms with Gasteiger partial charge in [-0.05, 0) is 12.8 Å². The van der Waals surface area contributed by atoms with Gasteiger partial charge in [-0.2, -0.15) is 5.10 Å². The van der Waals surface area contributed by atoms with Gasteiger partial charge in [-0.3, -0.25) is 5.32 Å². The van der Waals surface area contributed by atoms with E-state index in [9.17, 15) is 14.7 Å². The zero-order valence-corrected chi connectivity index (χ0v) is 11.0. The summed E-state index contributed by atoms with van der Waals surface area (Å²) < 4.78 is 0. The maximum Gasteiger partial charge on any atom is 0.329 e. The third kappa shape index (κ3) is 3.40. The van der Waals surface area contributed by atoms with Crippen LogP contribution in [-0.4, -0.2) is 37.8 Å². The van der Waals surface area contributed by atoms with Crippen LogP contribution < -0.4 is 10.6 Å². The lowest BCUT2D eigenvalue weighted by Crippen LogP contribution is -2.55. The number of nitrogens with zero attached hydrogens (tertiary/aromatic N) is 3. The second-order valence-corrected chi connectivity index (χ2v) is 4.85. The predicted molar refractivity (Wildman–Crippen MR) is 70.1 cm³/mol. The molecular weight excluding hydrogens is 262 g/mol. The molecule has 2 amide bonds. The Hall–Kier alpha value is -2.25. The first-order chi connectivity index (χ1) is 9.62. The fraction of sp³-hybridized carbons (Fsp3) is 0.583. The van der Waals surface area contributed by atoms with E-state index in [-0.39, 0.29) is 5.95 Å². The number of carbonyl (C=O) groups is 2. The molecule has 20 heavy (non-hydrogen) atoms. The highest BCUT2D eigenvalue weighted by Gasteiger charge is 2.40. The smallest absolute Gasteiger partial charge is 0.329 e. The third-order valence-corrected chi connectivity index (χ3v) is 3.43. The summed E-state index contributed by atoms with van der Waals surface area (Å²) in [6.45, 7) is 0. The van der Waals surface area contributed by atoms with Crippen molar-refractivity contribution in [3.63, 3.8) is 0 Å². The molecule has 2 rings (SSSR count). The van der Waals surface area contributed by atoms with Crippen molar-refractivity contribution in [3.8, 4) is 0 Å². The summed E-state index contributed by atoms with van der Waals surface area (Å²) in [6, 6.07) is -0.623. The molecule has 0 unspecified atom stereocenters. The van der Waals surface area contributed by atoms with Crippen LogP contribution in [0.3, 0.4) is 0 Å². The molecule has 1 fully saturated rings. The Morgan fingerprint density at radius 2 is 1.85 bits per heavy atom. The maximum atomic E-state index is 11.9. The van der Waals surface area contributed by atoms with Crippen molar-refractivity contribution in [2.45, 2.75) is 44.1 Å². The first kappa shape index (κ1) is 14.2. The number of hydrogen-bond donors (Lipinski definition) is 3. The summed E-state index contributed by atoms with van der Waals surface area (Å²) in [5.74, 6) is -0.958. The average molecular weight is 279 g/mol. The highest BCUT2D eigenvalue weighted by atomic mass is 16.4. The van der Waals surface area contributed by atoms with Gasteiger partial charge in [-0.25, -0.2) is 14.6 Å². The maximum absolute atomic E-state index is 11.9. The van der Waals surface area contributed by atoms with Crippen LogP contribution in [0, 0.1) is 0 Å². The van der Waals surface area contributed by atoms with E-state index in [4.69, 9.17) is 0 Å². The number of rotatable bonds is 3. The van der Waals surface area contributed by atoms with Gasteiger partial charge in [0.2, 0.25) is 0 Å². The molecule has 8 nitrogen and oxygen atoms in total. The monoisotopic (exact) mass is 279 g/mol. The van der Waals surface area contributed by atoms with Crippen molar-refractivity contribution in [1.82, 2.24) is 20.5 Å². The summed E-state index contributed by atoms with van der Waals surface area (Å²) in [7, 11) is 0. The van der Waals surface area contributed by atoms with Gasteiger partial charge in [-0.1, -0.05) is 25.7 Å². The zero-order valence-electron chi connectivity index (χ0n) is 11.0. The van der Waals surface area contributed by atoms with E-state index in [1.165, 1.54) is 12.4 Å². The van der Waals surface area contributed by atoms with Crippen LogP contribution in [0.5, 0.6) is 0 Å². The fourth-order valence-corrected chi connectivity index (χ4v) is 2.38. The van der Waals surface area contributed by atoms with Gasteiger partial charge >= 0.3 is 12.0 Å². The molecule has 0 aliphatic heterocycles. The Morgan fingerprint density at radius 1 is 1.15 bits per heavy atom. The third-order valence-electron chi connectivity index (χ3n) is 3.43. The standard InChI is InChI=1S/C12H17N5O3/c18-9(19)12(5-3-1-2-4-6-12)16-11(20)15-10-13-7-8-14-17-10/h7-8H,1-6H2,(H,18,19)(H2,13,15,16,17,20). The van der Waals surface area contributed by atoms with Crippen LogP contribution in [0.25, 0.3) is 0 Å². The minimum absolute atomic E-state index is 0.0409. The number of carbonyl (C=O) groups excluding carboxylic acids is 1. The SMILES string of the molecule is O=C(Nc1nccnn1)NC1(C(=O)O)CCCCCC1. The molecule has 0 bridgehead atoms. The molecule has 1 saturated carbocycles. The highest BCUT2D eigenvalue weighted by Crippen LogP contribution is 2.27. The Kier molecular flexibility index (Phi) is 4.44. The van der Waals surface area contributed by atoms with E-state index in [0.29, 0.717) is 12.8 Å². The van der Waals surface area contributed by atoms with Gasteiger partial charge in [-0.15, -0.1) is 5.10 Å². The number of amides is 2. The molecule has 0 aromatic carbocycles. The van der Waals surface area contributed by atoms with Crippen LogP contribution >= 0.6 is 0 Å². The van der Waals surface area contributed by atoms with Gasteiger partial charge in [0.1, 0.15) is 5.54 Å². The molecule has 8 heteroatoms. The van der Waals surface area contributed by atoms with Crippen LogP contribution in [0.1, 0.15) is 38.5 Å². The lowest BCUT2D eigenvalue weighted by atomic mass is 9.90. The van der Waals surface area contributed by atoms with Crippen molar-refractivity contribution in [2.24, 2.45) is 0 Å². The quantitative estimate of drug-likeness (QED) is 0.715. The summed E-state index contributed by atoms with van der Waals surface area (Å²) in [5, 5.41) is 21.6. The number of carboxylic acid groups (broad SMARTS) is 1. The second-order valence-electron chi connectivity index (χ2n) is 4.85. The van der Waals surface area contributed by atoms with Crippen molar-refractivity contribution < 1.29 is 14.7 Å². The number of aromatic nitrogens is 3. The minimum atomic E-state index is -1.21. The lowest BCUT2D eigenvalue weighted by Gasteiger charge is -2.29. The number of anilines is 1. The second kappa shape index (κ2) is 6.27. The predicted octanol–water partition coefficient (Wildman–Crippen LogP) is 1.17. The summed E-state index contributed by atoms with van der Waals surface area (Å²) in [5.41, 5.74) is -1.21. The van der Waals surface area contributed by atoms with Crippen LogP contribution in [0.2, 0.25) is 0 Å². The highest BCUT2D eigenvalue weighted by molar-refractivity contribution is 5.92. The average Bonchev–Trinajstić information content (AvgIpc) is 2.66. The van der Waals surface area contributed by atoms with Crippen LogP contribution in [-0.2, 0) is 4.79 Å². The number of aliphatic carboxylic acids is 1. The van der Waals surface area contributed by atoms with Gasteiger partial charge < -0.3 is 10.4 Å². The number of carboxylic acids is 1. The molecule has 1 aromatic heterocycles. The summed E-state index contributed by atoms with van der Waals surface area (Å²) in [6.07, 6.45) is 7.20. The Labute approximate surface area is 116 Å². The van der Waals surface area contributed by atoms with Crippen LogP contribution in [0.4, 0.5) is 10.7 Å². The molecule has 1 heterocycles. The summed E-state index contributed by atoms with van der Waals surface area (Å²) >= 11 is 0. The fourth-order valence-electron chi connectivity index (χ4n) is 2.38. The van der Waals surface area contributed by atoms with E-state index < -0.39 is 17.5 Å². The Morgan fingerprint density at radius 3 is 2.40 bits per heavy atom. The molecule has 3 N–H and O–H groups in total. The topological polar surface area (TPSA) is 117 Å². The number of hydrogen-bond acceptors (Lipinski definition) is 5. The first-order valence-electron chi connectivity index (χ1n) is 6.59. The number of nitrogens with one attached hydrogen (secondary N) is 2. The van der Waals surface area contributed by atoms with Crippen LogP contribution in [0.15, 0.2) is 12.4 Å². The molecule has 1 aromatic rings. The van der Waals surface area contributed by atoms with Gasteiger partial charge in [0.15, 0.2) is 0 Å². The van der Waals surface area contributed by atoms with Crippen molar-refractivity contribution in [3.05, 3.63) is 12.4 Å². The molecule has 0 atom stereocenters. The van der Waals surface area contributed by atoms with Crippen molar-refractivity contribution >= 4 is 17.9 Å². The summed E-state index contributed by atoms with van der Waals surface area (Å²) in [4.78, 5) is 27.2. The molecule has 1 aliphatic carbocycles. The normalized spacial score (nSPS) is 17.8. The molecule has 1 aliphatic rings. The largest absolute Gasteiger partial charge is 0.480 e. The van der Waals surface area contributed by atoms with Crippen molar-refractivity contribution in [1.29, 1.82) is 0 Å². The van der Waals surface area contributed by atoms with Crippen molar-refractivity contribution in [2.75, 3.05) is 5.32 Å². The first-order valence-corrected chi connectivity index (χ1v) is 6.59. The molecule has 0 radical (unpaired) electrons. The van der Waals surface area contributed by atoms with E-state index in [0.717, 1.165) is 25.7 Å². The Balaban J connectivity index is 2.04. The van der Waals surface area contributed by atoms with Gasteiger partial charge in [0, 0.05) is 0 Å². The number of urea groups is 1. The Bertz CT molecular complexity index is 471. The molecule has 0 spiro atoms. The van der Waals surface area contributed by atoms with Gasteiger partial charge in [0.25, 0.3) is 5.95 Å². The molecule has 0 saturated heterocycles. The minimum Gasteiger partial charge on any atom is -0.480 e. The lowest BCUT2D eigenvalue weighted by molar-refractivity contribution is -0.145. The van der Waals surface area contributed by atoms with Gasteiger partial charge in [0.05, 0.1) is 12.4 Å². The molecular formula is C12H17N5O3. The zero-order chi connectivity index (χ0) is 14.4. The van der Waals surface area contributed by atoms with E-state index in [1.54, 1.807) is 0 Å². The molecule has 108 valence electrons.